The van der Waals surface area contributed by atoms with E-state index in [2.05, 4.69) is 19.1 Å². The molecule has 0 aromatic rings. The van der Waals surface area contributed by atoms with Gasteiger partial charge in [-0.1, -0.05) is 38.3 Å². The molecule has 3 nitrogen and oxygen atoms in total. The zero-order chi connectivity index (χ0) is 17.2. The summed E-state index contributed by atoms with van der Waals surface area (Å²) in [5, 5.41) is 19.0. The monoisotopic (exact) mass is 338 g/mol. The van der Waals surface area contributed by atoms with Gasteiger partial charge in [0.15, 0.2) is 0 Å². The minimum atomic E-state index is -0.120. The zero-order valence-corrected chi connectivity index (χ0v) is 15.5. The lowest BCUT2D eigenvalue weighted by atomic mass is 9.81. The van der Waals surface area contributed by atoms with Crippen LogP contribution >= 0.6 is 0 Å². The first kappa shape index (κ1) is 19.9. The van der Waals surface area contributed by atoms with Crippen molar-refractivity contribution in [1.82, 2.24) is 0 Å². The second-order valence-electron chi connectivity index (χ2n) is 7.85. The lowest BCUT2D eigenvalue weighted by molar-refractivity contribution is -0.00612. The maximum atomic E-state index is 10.2. The summed E-state index contributed by atoms with van der Waals surface area (Å²) in [6.07, 6.45) is 17.1. The number of hydrogen-bond donors (Lipinski definition) is 2. The van der Waals surface area contributed by atoms with Gasteiger partial charge < -0.3 is 14.9 Å². The van der Waals surface area contributed by atoms with Crippen molar-refractivity contribution < 1.29 is 14.9 Å². The predicted molar refractivity (Wildman–Crippen MR) is 98.9 cm³/mol. The summed E-state index contributed by atoms with van der Waals surface area (Å²) in [5.74, 6) is 2.13. The minimum Gasteiger partial charge on any atom is -0.396 e. The van der Waals surface area contributed by atoms with Crippen LogP contribution in [0.15, 0.2) is 12.2 Å². The van der Waals surface area contributed by atoms with Crippen LogP contribution in [0.3, 0.4) is 0 Å². The molecule has 0 radical (unpaired) electrons. The van der Waals surface area contributed by atoms with Crippen LogP contribution in [-0.4, -0.2) is 35.6 Å². The Hall–Kier alpha value is -0.380. The first-order valence-corrected chi connectivity index (χ1v) is 10.3. The molecule has 1 saturated carbocycles. The molecule has 2 rings (SSSR count). The first-order chi connectivity index (χ1) is 11.8. The van der Waals surface area contributed by atoms with E-state index in [0.717, 1.165) is 63.4 Å². The molecule has 1 aliphatic heterocycles. The maximum absolute atomic E-state index is 10.2. The van der Waals surface area contributed by atoms with E-state index in [0.29, 0.717) is 18.6 Å². The lowest BCUT2D eigenvalue weighted by Crippen LogP contribution is -2.29. The number of ether oxygens (including phenoxy) is 1. The minimum absolute atomic E-state index is 0.120. The Bertz CT molecular complexity index is 355. The summed E-state index contributed by atoms with van der Waals surface area (Å²) in [4.78, 5) is 0. The number of hydrogen-bond acceptors (Lipinski definition) is 3. The Balaban J connectivity index is 1.71. The van der Waals surface area contributed by atoms with Crippen molar-refractivity contribution in [2.45, 2.75) is 89.8 Å². The fraction of sp³-hybridized carbons (Fsp3) is 0.905. The van der Waals surface area contributed by atoms with Gasteiger partial charge in [-0.25, -0.2) is 0 Å². The van der Waals surface area contributed by atoms with E-state index in [9.17, 15) is 5.11 Å². The van der Waals surface area contributed by atoms with Crippen molar-refractivity contribution in [3.05, 3.63) is 12.2 Å². The van der Waals surface area contributed by atoms with E-state index in [1.54, 1.807) is 0 Å². The largest absolute Gasteiger partial charge is 0.396 e. The van der Waals surface area contributed by atoms with Crippen molar-refractivity contribution in [1.29, 1.82) is 0 Å². The van der Waals surface area contributed by atoms with Gasteiger partial charge in [-0.05, 0) is 69.1 Å². The van der Waals surface area contributed by atoms with Gasteiger partial charge in [0.1, 0.15) is 0 Å². The van der Waals surface area contributed by atoms with Crippen LogP contribution in [-0.2, 0) is 4.74 Å². The number of fused-ring (bicyclic) bond motifs is 2. The van der Waals surface area contributed by atoms with E-state index >= 15 is 0 Å². The molecule has 2 aliphatic rings. The number of rotatable bonds is 13. The second-order valence-corrected chi connectivity index (χ2v) is 7.85. The molecule has 0 aromatic heterocycles. The van der Waals surface area contributed by atoms with Crippen LogP contribution in [0.1, 0.15) is 77.6 Å². The van der Waals surface area contributed by atoms with E-state index in [1.165, 1.54) is 25.7 Å². The highest BCUT2D eigenvalue weighted by Crippen LogP contribution is 2.48. The molecule has 3 heteroatoms. The fourth-order valence-electron chi connectivity index (χ4n) is 4.58. The summed E-state index contributed by atoms with van der Waals surface area (Å²) in [7, 11) is 0. The predicted octanol–water partition coefficient (Wildman–Crippen LogP) is 4.47. The van der Waals surface area contributed by atoms with Crippen LogP contribution in [0.4, 0.5) is 0 Å². The Morgan fingerprint density at radius 2 is 1.96 bits per heavy atom. The van der Waals surface area contributed by atoms with Gasteiger partial charge in [-0.3, -0.25) is 0 Å². The Kier molecular flexibility index (Phi) is 9.37. The molecule has 5 atom stereocenters. The SMILES string of the molecule is CCCCC[C@H](O)CCC1C2CC(CO2)[C@@H]1CC=CCCCCO. The third-order valence-electron chi connectivity index (χ3n) is 6.02. The highest BCUT2D eigenvalue weighted by molar-refractivity contribution is 4.99. The molecule has 2 N–H and O–H groups in total. The highest BCUT2D eigenvalue weighted by atomic mass is 16.5. The molecule has 0 spiro atoms. The third kappa shape index (κ3) is 6.16. The molecule has 1 aliphatic carbocycles. The van der Waals surface area contributed by atoms with E-state index in [-0.39, 0.29) is 6.10 Å². The molecular weight excluding hydrogens is 300 g/mol. The smallest absolute Gasteiger partial charge is 0.0609 e. The molecule has 140 valence electrons. The summed E-state index contributed by atoms with van der Waals surface area (Å²) < 4.78 is 5.95. The van der Waals surface area contributed by atoms with Crippen molar-refractivity contribution in [3.8, 4) is 0 Å². The van der Waals surface area contributed by atoms with Crippen LogP contribution in [0.2, 0.25) is 0 Å². The standard InChI is InChI=1S/C21H38O3/c1-2-3-7-10-18(23)12-13-20-19(17-15-21(20)24-16-17)11-8-5-4-6-9-14-22/h5,8,17-23H,2-4,6-7,9-16H2,1H3/t17?,18-,19-,20?,21?/m0/s1. The molecule has 3 unspecified atom stereocenters. The zero-order valence-electron chi connectivity index (χ0n) is 15.5. The Labute approximate surface area is 148 Å². The molecule has 1 saturated heterocycles. The molecule has 0 aromatic carbocycles. The maximum Gasteiger partial charge on any atom is 0.0609 e. The lowest BCUT2D eigenvalue weighted by Gasteiger charge is -2.31. The van der Waals surface area contributed by atoms with Crippen LogP contribution in [0.25, 0.3) is 0 Å². The second kappa shape index (κ2) is 11.3. The van der Waals surface area contributed by atoms with E-state index in [1.807, 2.05) is 0 Å². The van der Waals surface area contributed by atoms with E-state index in [4.69, 9.17) is 9.84 Å². The van der Waals surface area contributed by atoms with Crippen LogP contribution < -0.4 is 0 Å². The number of aliphatic hydroxyl groups excluding tert-OH is 2. The average Bonchev–Trinajstić information content (AvgIpc) is 3.18. The Morgan fingerprint density at radius 3 is 2.75 bits per heavy atom. The molecule has 2 bridgehead atoms. The van der Waals surface area contributed by atoms with Crippen molar-refractivity contribution >= 4 is 0 Å². The fourth-order valence-corrected chi connectivity index (χ4v) is 4.58. The van der Waals surface area contributed by atoms with Gasteiger partial charge in [0.05, 0.1) is 18.8 Å². The van der Waals surface area contributed by atoms with E-state index < -0.39 is 0 Å². The summed E-state index contributed by atoms with van der Waals surface area (Å²) >= 11 is 0. The average molecular weight is 339 g/mol. The van der Waals surface area contributed by atoms with Gasteiger partial charge in [0.25, 0.3) is 0 Å². The topological polar surface area (TPSA) is 49.7 Å². The number of allylic oxidation sites excluding steroid dienone is 2. The van der Waals surface area contributed by atoms with Crippen molar-refractivity contribution in [3.63, 3.8) is 0 Å². The van der Waals surface area contributed by atoms with Gasteiger partial charge in [0, 0.05) is 6.61 Å². The van der Waals surface area contributed by atoms with Crippen molar-refractivity contribution in [2.75, 3.05) is 13.2 Å². The molecule has 24 heavy (non-hydrogen) atoms. The van der Waals surface area contributed by atoms with Crippen LogP contribution in [0, 0.1) is 17.8 Å². The molecular formula is C21H38O3. The Morgan fingerprint density at radius 1 is 1.08 bits per heavy atom. The normalized spacial score (nSPS) is 30.5. The number of aliphatic hydroxyl groups is 2. The molecule has 2 fully saturated rings. The van der Waals surface area contributed by atoms with Crippen LogP contribution in [0.5, 0.6) is 0 Å². The number of unbranched alkanes of at least 4 members (excludes halogenated alkanes) is 4. The van der Waals surface area contributed by atoms with Gasteiger partial charge in [0.2, 0.25) is 0 Å². The van der Waals surface area contributed by atoms with Gasteiger partial charge >= 0.3 is 0 Å². The summed E-state index contributed by atoms with van der Waals surface area (Å²) in [6.45, 7) is 3.46. The molecule has 1 heterocycles. The van der Waals surface area contributed by atoms with Gasteiger partial charge in [-0.15, -0.1) is 0 Å². The summed E-state index contributed by atoms with van der Waals surface area (Å²) in [5.41, 5.74) is 0. The summed E-state index contributed by atoms with van der Waals surface area (Å²) in [6, 6.07) is 0. The molecule has 0 amide bonds. The van der Waals surface area contributed by atoms with Gasteiger partial charge in [-0.2, -0.15) is 0 Å². The van der Waals surface area contributed by atoms with Crippen molar-refractivity contribution in [2.24, 2.45) is 17.8 Å². The highest BCUT2D eigenvalue weighted by Gasteiger charge is 2.47. The third-order valence-corrected chi connectivity index (χ3v) is 6.02. The quantitative estimate of drug-likeness (QED) is 0.385. The first-order valence-electron chi connectivity index (χ1n) is 10.3.